The van der Waals surface area contributed by atoms with Crippen LogP contribution in [0.1, 0.15) is 15.9 Å². The van der Waals surface area contributed by atoms with Gasteiger partial charge in [-0.3, -0.25) is 14.9 Å². The average Bonchev–Trinajstić information content (AvgIpc) is 2.23. The Labute approximate surface area is 96.9 Å². The van der Waals surface area contributed by atoms with Crippen LogP contribution in [0.5, 0.6) is 0 Å². The first-order valence-electron chi connectivity index (χ1n) is 4.52. The maximum atomic E-state index is 11.5. The fourth-order valence-corrected chi connectivity index (χ4v) is 1.70. The summed E-state index contributed by atoms with van der Waals surface area (Å²) in [4.78, 5) is 23.1. The van der Waals surface area contributed by atoms with E-state index in [1.165, 1.54) is 13.4 Å². The summed E-state index contributed by atoms with van der Waals surface area (Å²) in [6, 6.07) is 4.74. The molecule has 1 N–H and O–H groups in total. The molecule has 0 radical (unpaired) electrons. The van der Waals surface area contributed by atoms with Crippen molar-refractivity contribution in [1.82, 2.24) is 5.32 Å². The molecule has 1 aliphatic rings. The van der Waals surface area contributed by atoms with Crippen LogP contribution in [0.4, 0.5) is 0 Å². The standard InChI is InChI=1S/C11H8ClNO3/c1-16-5-9-8-4-6(12)2-3-7(8)10(14)13-11(9)15/h2-5H,1H3,(H,13,14,15)/b9-5+. The van der Waals surface area contributed by atoms with Gasteiger partial charge in [0.1, 0.15) is 0 Å². The Bertz CT molecular complexity index is 508. The third-order valence-corrected chi connectivity index (χ3v) is 2.46. The van der Waals surface area contributed by atoms with Crippen LogP contribution in [-0.4, -0.2) is 18.9 Å². The summed E-state index contributed by atoms with van der Waals surface area (Å²) in [5.41, 5.74) is 1.19. The molecule has 82 valence electrons. The van der Waals surface area contributed by atoms with Gasteiger partial charge in [-0.05, 0) is 18.2 Å². The smallest absolute Gasteiger partial charge is 0.261 e. The molecule has 0 unspecified atom stereocenters. The highest BCUT2D eigenvalue weighted by Gasteiger charge is 2.27. The SMILES string of the molecule is CO/C=C1/C(=O)NC(=O)c2ccc(Cl)cc21. The summed E-state index contributed by atoms with van der Waals surface area (Å²) in [7, 11) is 1.43. The zero-order valence-corrected chi connectivity index (χ0v) is 9.17. The third kappa shape index (κ3) is 1.67. The van der Waals surface area contributed by atoms with E-state index in [9.17, 15) is 9.59 Å². The lowest BCUT2D eigenvalue weighted by Gasteiger charge is -2.17. The lowest BCUT2D eigenvalue weighted by molar-refractivity contribution is -0.114. The van der Waals surface area contributed by atoms with Crippen molar-refractivity contribution in [2.45, 2.75) is 0 Å². The Morgan fingerprint density at radius 3 is 2.69 bits per heavy atom. The van der Waals surface area contributed by atoms with Gasteiger partial charge >= 0.3 is 0 Å². The molecule has 1 aromatic carbocycles. The second-order valence-corrected chi connectivity index (χ2v) is 3.68. The number of halogens is 1. The van der Waals surface area contributed by atoms with E-state index < -0.39 is 11.8 Å². The molecular weight excluding hydrogens is 230 g/mol. The van der Waals surface area contributed by atoms with Gasteiger partial charge in [-0.15, -0.1) is 0 Å². The second kappa shape index (κ2) is 3.98. The van der Waals surface area contributed by atoms with Crippen molar-refractivity contribution in [2.75, 3.05) is 7.11 Å². The zero-order chi connectivity index (χ0) is 11.7. The Kier molecular flexibility index (Phi) is 2.66. The first kappa shape index (κ1) is 10.7. The maximum absolute atomic E-state index is 11.5. The number of imide groups is 1. The van der Waals surface area contributed by atoms with Gasteiger partial charge in [0.2, 0.25) is 0 Å². The molecule has 2 amide bonds. The number of nitrogens with one attached hydrogen (secondary N) is 1. The second-order valence-electron chi connectivity index (χ2n) is 3.24. The minimum absolute atomic E-state index is 0.291. The molecule has 2 rings (SSSR count). The number of hydrogen-bond acceptors (Lipinski definition) is 3. The van der Waals surface area contributed by atoms with E-state index in [1.807, 2.05) is 0 Å². The number of methoxy groups -OCH3 is 1. The Morgan fingerprint density at radius 2 is 2.00 bits per heavy atom. The van der Waals surface area contributed by atoms with E-state index in [-0.39, 0.29) is 0 Å². The van der Waals surface area contributed by atoms with Gasteiger partial charge in [0.15, 0.2) is 0 Å². The van der Waals surface area contributed by atoms with Crippen LogP contribution in [0.2, 0.25) is 5.02 Å². The summed E-state index contributed by atoms with van der Waals surface area (Å²) in [6.45, 7) is 0. The summed E-state index contributed by atoms with van der Waals surface area (Å²) in [5, 5.41) is 2.68. The predicted octanol–water partition coefficient (Wildman–Crippen LogP) is 1.60. The van der Waals surface area contributed by atoms with E-state index in [2.05, 4.69) is 5.32 Å². The van der Waals surface area contributed by atoms with Crippen LogP contribution in [-0.2, 0) is 9.53 Å². The topological polar surface area (TPSA) is 55.4 Å². The van der Waals surface area contributed by atoms with Crippen LogP contribution in [0.15, 0.2) is 24.5 Å². The molecular formula is C11H8ClNO3. The Hall–Kier alpha value is -1.81. The largest absolute Gasteiger partial charge is 0.504 e. The summed E-state index contributed by atoms with van der Waals surface area (Å²) in [6.07, 6.45) is 1.29. The molecule has 16 heavy (non-hydrogen) atoms. The van der Waals surface area contributed by atoms with Gasteiger partial charge < -0.3 is 4.74 Å². The van der Waals surface area contributed by atoms with E-state index in [4.69, 9.17) is 16.3 Å². The Morgan fingerprint density at radius 1 is 1.25 bits per heavy atom. The normalized spacial score (nSPS) is 17.0. The minimum atomic E-state index is -0.485. The highest BCUT2D eigenvalue weighted by atomic mass is 35.5. The highest BCUT2D eigenvalue weighted by Crippen LogP contribution is 2.26. The molecule has 1 heterocycles. The third-order valence-electron chi connectivity index (χ3n) is 2.22. The Balaban J connectivity index is 2.65. The van der Waals surface area contributed by atoms with Crippen molar-refractivity contribution in [2.24, 2.45) is 0 Å². The number of carbonyl (C=O) groups is 2. The zero-order valence-electron chi connectivity index (χ0n) is 8.41. The molecule has 1 aliphatic heterocycles. The van der Waals surface area contributed by atoms with Gasteiger partial charge in [0, 0.05) is 16.1 Å². The van der Waals surface area contributed by atoms with Crippen molar-refractivity contribution < 1.29 is 14.3 Å². The molecule has 0 atom stereocenters. The number of amides is 2. The van der Waals surface area contributed by atoms with Crippen LogP contribution in [0, 0.1) is 0 Å². The van der Waals surface area contributed by atoms with Crippen molar-refractivity contribution in [3.63, 3.8) is 0 Å². The molecule has 0 aromatic heterocycles. The number of hydrogen-bond donors (Lipinski definition) is 1. The minimum Gasteiger partial charge on any atom is -0.504 e. The first-order valence-corrected chi connectivity index (χ1v) is 4.90. The molecule has 0 spiro atoms. The van der Waals surface area contributed by atoms with Crippen molar-refractivity contribution in [3.8, 4) is 0 Å². The van der Waals surface area contributed by atoms with Gasteiger partial charge in [0.05, 0.1) is 18.9 Å². The molecule has 0 saturated carbocycles. The van der Waals surface area contributed by atoms with Crippen molar-refractivity contribution >= 4 is 29.0 Å². The lowest BCUT2D eigenvalue weighted by Crippen LogP contribution is -2.36. The maximum Gasteiger partial charge on any atom is 0.261 e. The number of benzene rings is 1. The summed E-state index contributed by atoms with van der Waals surface area (Å²) in [5.74, 6) is -0.911. The number of carbonyl (C=O) groups excluding carboxylic acids is 2. The van der Waals surface area contributed by atoms with Gasteiger partial charge in [0.25, 0.3) is 11.8 Å². The van der Waals surface area contributed by atoms with E-state index in [1.54, 1.807) is 18.2 Å². The molecule has 4 nitrogen and oxygen atoms in total. The highest BCUT2D eigenvalue weighted by molar-refractivity contribution is 6.34. The fraction of sp³-hybridized carbons (Fsp3) is 0.0909. The first-order chi connectivity index (χ1) is 7.63. The number of ether oxygens (including phenoxy) is 1. The predicted molar refractivity (Wildman–Crippen MR) is 58.9 cm³/mol. The quantitative estimate of drug-likeness (QED) is 0.459. The molecule has 0 fully saturated rings. The summed E-state index contributed by atoms with van der Waals surface area (Å²) >= 11 is 5.83. The number of fused-ring (bicyclic) bond motifs is 1. The van der Waals surface area contributed by atoms with Crippen LogP contribution < -0.4 is 5.32 Å². The molecule has 1 aromatic rings. The average molecular weight is 238 g/mol. The van der Waals surface area contributed by atoms with Crippen molar-refractivity contribution in [3.05, 3.63) is 40.6 Å². The van der Waals surface area contributed by atoms with Crippen molar-refractivity contribution in [1.29, 1.82) is 0 Å². The van der Waals surface area contributed by atoms with Crippen LogP contribution >= 0.6 is 11.6 Å². The van der Waals surface area contributed by atoms with Crippen LogP contribution in [0.3, 0.4) is 0 Å². The monoisotopic (exact) mass is 237 g/mol. The van der Waals surface area contributed by atoms with E-state index >= 15 is 0 Å². The van der Waals surface area contributed by atoms with Crippen LogP contribution in [0.25, 0.3) is 5.57 Å². The number of rotatable bonds is 1. The fourth-order valence-electron chi connectivity index (χ4n) is 1.53. The molecule has 0 bridgehead atoms. The van der Waals surface area contributed by atoms with Gasteiger partial charge in [-0.25, -0.2) is 0 Å². The van der Waals surface area contributed by atoms with E-state index in [0.717, 1.165) is 0 Å². The summed E-state index contributed by atoms with van der Waals surface area (Å²) < 4.78 is 4.81. The molecule has 0 saturated heterocycles. The lowest BCUT2D eigenvalue weighted by atomic mass is 9.96. The van der Waals surface area contributed by atoms with Gasteiger partial charge in [-0.2, -0.15) is 0 Å². The van der Waals surface area contributed by atoms with Gasteiger partial charge in [-0.1, -0.05) is 11.6 Å². The van der Waals surface area contributed by atoms with E-state index in [0.29, 0.717) is 21.7 Å². The molecule has 0 aliphatic carbocycles. The molecule has 5 heteroatoms.